The fourth-order valence-corrected chi connectivity index (χ4v) is 4.86. The highest BCUT2D eigenvalue weighted by atomic mass is 19.4. The van der Waals surface area contributed by atoms with E-state index in [1.807, 2.05) is 37.4 Å². The molecule has 0 bridgehead atoms. The number of alkyl halides is 3. The van der Waals surface area contributed by atoms with Crippen molar-refractivity contribution in [2.45, 2.75) is 31.5 Å². The van der Waals surface area contributed by atoms with Gasteiger partial charge in [-0.3, -0.25) is 4.68 Å². The summed E-state index contributed by atoms with van der Waals surface area (Å²) in [5.74, 6) is -0.0496. The van der Waals surface area contributed by atoms with Gasteiger partial charge in [-0.1, -0.05) is 30.3 Å². The van der Waals surface area contributed by atoms with Crippen LogP contribution in [0.2, 0.25) is 0 Å². The lowest BCUT2D eigenvalue weighted by molar-refractivity contribution is -0.138. The quantitative estimate of drug-likeness (QED) is 0.380. The highest BCUT2D eigenvalue weighted by molar-refractivity contribution is 5.99. The SMILES string of the molecule is Cn1nccc1-c1nnc(N2CCC(NCCc3ccc(F)cc3C(F)(F)F)CC2)c2ccccc12. The Morgan fingerprint density at radius 3 is 2.44 bits per heavy atom. The highest BCUT2D eigenvalue weighted by Gasteiger charge is 2.33. The van der Waals surface area contributed by atoms with Crippen molar-refractivity contribution in [3.8, 4) is 11.4 Å². The zero-order valence-corrected chi connectivity index (χ0v) is 19.8. The van der Waals surface area contributed by atoms with E-state index < -0.39 is 17.6 Å². The fourth-order valence-electron chi connectivity index (χ4n) is 4.86. The van der Waals surface area contributed by atoms with Gasteiger partial charge in [0.15, 0.2) is 5.82 Å². The maximum Gasteiger partial charge on any atom is 0.416 e. The molecule has 36 heavy (non-hydrogen) atoms. The van der Waals surface area contributed by atoms with E-state index >= 15 is 0 Å². The van der Waals surface area contributed by atoms with Crippen molar-refractivity contribution >= 4 is 16.6 Å². The first-order valence-electron chi connectivity index (χ1n) is 11.9. The average molecular weight is 499 g/mol. The number of nitrogens with zero attached hydrogens (tertiary/aromatic N) is 5. The van der Waals surface area contributed by atoms with Gasteiger partial charge >= 0.3 is 6.18 Å². The first-order chi connectivity index (χ1) is 17.3. The van der Waals surface area contributed by atoms with Gasteiger partial charge in [-0.15, -0.1) is 10.2 Å². The molecule has 0 aliphatic carbocycles. The monoisotopic (exact) mass is 498 g/mol. The molecule has 10 heteroatoms. The van der Waals surface area contributed by atoms with Crippen molar-refractivity contribution in [3.63, 3.8) is 0 Å². The van der Waals surface area contributed by atoms with Crippen LogP contribution in [-0.2, 0) is 19.6 Å². The van der Waals surface area contributed by atoms with Crippen LogP contribution in [0.25, 0.3) is 22.2 Å². The molecule has 1 aliphatic rings. The second-order valence-electron chi connectivity index (χ2n) is 9.02. The van der Waals surface area contributed by atoms with Crippen molar-refractivity contribution < 1.29 is 17.6 Å². The molecule has 188 valence electrons. The first kappa shape index (κ1) is 24.2. The lowest BCUT2D eigenvalue weighted by Gasteiger charge is -2.33. The van der Waals surface area contributed by atoms with Gasteiger partial charge in [0.2, 0.25) is 0 Å². The Labute approximate surface area is 205 Å². The van der Waals surface area contributed by atoms with E-state index in [4.69, 9.17) is 0 Å². The molecule has 1 saturated heterocycles. The van der Waals surface area contributed by atoms with Gasteiger partial charge < -0.3 is 10.2 Å². The Morgan fingerprint density at radius 2 is 1.75 bits per heavy atom. The average Bonchev–Trinajstić information content (AvgIpc) is 3.29. The third kappa shape index (κ3) is 4.90. The molecule has 5 rings (SSSR count). The summed E-state index contributed by atoms with van der Waals surface area (Å²) in [7, 11) is 1.87. The predicted octanol–water partition coefficient (Wildman–Crippen LogP) is 4.99. The van der Waals surface area contributed by atoms with Gasteiger partial charge in [-0.2, -0.15) is 18.3 Å². The number of rotatable bonds is 6. The molecule has 1 fully saturated rings. The number of aryl methyl sites for hydroxylation is 1. The van der Waals surface area contributed by atoms with Gasteiger partial charge in [-0.05, 0) is 49.6 Å². The first-order valence-corrected chi connectivity index (χ1v) is 11.9. The molecular weight excluding hydrogens is 472 g/mol. The van der Waals surface area contributed by atoms with Gasteiger partial charge in [0.05, 0.1) is 11.3 Å². The van der Waals surface area contributed by atoms with Crippen molar-refractivity contribution in [1.29, 1.82) is 0 Å². The van der Waals surface area contributed by atoms with Crippen LogP contribution in [0.5, 0.6) is 0 Å². The maximum absolute atomic E-state index is 13.3. The summed E-state index contributed by atoms with van der Waals surface area (Å²) >= 11 is 0. The summed E-state index contributed by atoms with van der Waals surface area (Å²) in [5.41, 5.74) is 0.871. The predicted molar refractivity (Wildman–Crippen MR) is 130 cm³/mol. The van der Waals surface area contributed by atoms with Crippen molar-refractivity contribution in [3.05, 3.63) is 71.7 Å². The third-order valence-corrected chi connectivity index (χ3v) is 6.73. The van der Waals surface area contributed by atoms with Crippen LogP contribution in [0, 0.1) is 5.82 Å². The van der Waals surface area contributed by atoms with Gasteiger partial charge in [-0.25, -0.2) is 4.39 Å². The Bertz CT molecular complexity index is 1360. The molecule has 0 amide bonds. The maximum atomic E-state index is 13.3. The minimum atomic E-state index is -4.57. The molecule has 2 aromatic carbocycles. The molecule has 6 nitrogen and oxygen atoms in total. The number of aromatic nitrogens is 4. The van der Waals surface area contributed by atoms with E-state index in [2.05, 4.69) is 25.5 Å². The summed E-state index contributed by atoms with van der Waals surface area (Å²) in [6.45, 7) is 1.90. The Balaban J connectivity index is 1.24. The molecule has 2 aromatic heterocycles. The lowest BCUT2D eigenvalue weighted by atomic mass is 10.0. The van der Waals surface area contributed by atoms with Crippen LogP contribution in [0.15, 0.2) is 54.7 Å². The van der Waals surface area contributed by atoms with Crippen molar-refractivity contribution in [1.82, 2.24) is 25.3 Å². The third-order valence-electron chi connectivity index (χ3n) is 6.73. The molecular formula is C26H26F4N6. The van der Waals surface area contributed by atoms with Gasteiger partial charge in [0.25, 0.3) is 0 Å². The van der Waals surface area contributed by atoms with E-state index in [1.165, 1.54) is 6.07 Å². The number of halogens is 4. The van der Waals surface area contributed by atoms with Gasteiger partial charge in [0.1, 0.15) is 11.5 Å². The highest BCUT2D eigenvalue weighted by Crippen LogP contribution is 2.34. The Hall–Kier alpha value is -3.53. The zero-order chi connectivity index (χ0) is 25.3. The molecule has 3 heterocycles. The van der Waals surface area contributed by atoms with E-state index in [1.54, 1.807) is 10.9 Å². The topological polar surface area (TPSA) is 58.9 Å². The van der Waals surface area contributed by atoms with Crippen LogP contribution in [-0.4, -0.2) is 45.7 Å². The van der Waals surface area contributed by atoms with Crippen LogP contribution in [0.4, 0.5) is 23.4 Å². The molecule has 0 unspecified atom stereocenters. The van der Waals surface area contributed by atoms with E-state index in [0.717, 1.165) is 60.0 Å². The second-order valence-corrected chi connectivity index (χ2v) is 9.02. The van der Waals surface area contributed by atoms with Crippen LogP contribution >= 0.6 is 0 Å². The van der Waals surface area contributed by atoms with Crippen LogP contribution in [0.1, 0.15) is 24.0 Å². The number of hydrogen-bond acceptors (Lipinski definition) is 5. The largest absolute Gasteiger partial charge is 0.416 e. The smallest absolute Gasteiger partial charge is 0.354 e. The number of fused-ring (bicyclic) bond motifs is 1. The lowest BCUT2D eigenvalue weighted by Crippen LogP contribution is -2.43. The second kappa shape index (κ2) is 9.85. The molecule has 0 radical (unpaired) electrons. The van der Waals surface area contributed by atoms with Crippen LogP contribution in [0.3, 0.4) is 0 Å². The summed E-state index contributed by atoms with van der Waals surface area (Å²) in [6.07, 6.45) is -0.999. The Morgan fingerprint density at radius 1 is 1.00 bits per heavy atom. The molecule has 1 aliphatic heterocycles. The molecule has 1 N–H and O–H groups in total. The summed E-state index contributed by atoms with van der Waals surface area (Å²) in [4.78, 5) is 2.21. The van der Waals surface area contributed by atoms with E-state index in [9.17, 15) is 17.6 Å². The normalized spacial score (nSPS) is 15.1. The van der Waals surface area contributed by atoms with Gasteiger partial charge in [0, 0.05) is 43.1 Å². The molecule has 0 atom stereocenters. The van der Waals surface area contributed by atoms with Crippen molar-refractivity contribution in [2.75, 3.05) is 24.5 Å². The number of nitrogens with one attached hydrogen (secondary N) is 1. The molecule has 0 spiro atoms. The van der Waals surface area contributed by atoms with E-state index in [-0.39, 0.29) is 18.0 Å². The van der Waals surface area contributed by atoms with E-state index in [0.29, 0.717) is 12.6 Å². The summed E-state index contributed by atoms with van der Waals surface area (Å²) < 4.78 is 54.8. The summed E-state index contributed by atoms with van der Waals surface area (Å²) in [5, 5.41) is 18.7. The fraction of sp³-hybridized carbons (Fsp3) is 0.346. The van der Waals surface area contributed by atoms with Crippen molar-refractivity contribution in [2.24, 2.45) is 7.05 Å². The summed E-state index contributed by atoms with van der Waals surface area (Å²) in [6, 6.07) is 13.0. The molecule has 4 aromatic rings. The Kier molecular flexibility index (Phi) is 6.61. The van der Waals surface area contributed by atoms with Crippen LogP contribution < -0.4 is 10.2 Å². The number of anilines is 1. The number of piperidine rings is 1. The standard InChI is InChI=1S/C26H26F4N6/c1-35-23(9-13-32-35)24-20-4-2-3-5-21(20)25(34-33-24)36-14-10-19(11-15-36)31-12-8-17-6-7-18(27)16-22(17)26(28,29)30/h2-7,9,13,16,19,31H,8,10-12,14-15H2,1H3. The number of hydrogen-bond donors (Lipinski definition) is 1. The molecule has 0 saturated carbocycles. The minimum absolute atomic E-state index is 0.101. The zero-order valence-electron chi connectivity index (χ0n) is 19.8. The minimum Gasteiger partial charge on any atom is -0.354 e. The number of benzene rings is 2.